The molecular formula is C24H32F4. The first-order valence-electron chi connectivity index (χ1n) is 10.9. The topological polar surface area (TPSA) is 0 Å². The first-order chi connectivity index (χ1) is 13.4. The maximum absolute atomic E-state index is 13.9. The summed E-state index contributed by atoms with van der Waals surface area (Å²) < 4.78 is 52.1. The molecule has 1 fully saturated rings. The average Bonchev–Trinajstić information content (AvgIpc) is 2.68. The van der Waals surface area contributed by atoms with Crippen molar-refractivity contribution < 1.29 is 17.6 Å². The van der Waals surface area contributed by atoms with Crippen LogP contribution in [0.3, 0.4) is 0 Å². The lowest BCUT2D eigenvalue weighted by atomic mass is 9.70. The third kappa shape index (κ3) is 5.39. The van der Waals surface area contributed by atoms with Crippen molar-refractivity contribution >= 4 is 5.57 Å². The van der Waals surface area contributed by atoms with Gasteiger partial charge in [0.2, 0.25) is 0 Å². The van der Waals surface area contributed by atoms with E-state index < -0.39 is 17.6 Å². The summed E-state index contributed by atoms with van der Waals surface area (Å²) >= 11 is 0. The molecule has 0 amide bonds. The normalized spacial score (nSPS) is 26.2. The predicted octanol–water partition coefficient (Wildman–Crippen LogP) is 8.41. The van der Waals surface area contributed by atoms with Gasteiger partial charge in [-0.25, -0.2) is 4.39 Å². The van der Waals surface area contributed by atoms with Crippen molar-refractivity contribution in [3.8, 4) is 0 Å². The summed E-state index contributed by atoms with van der Waals surface area (Å²) in [7, 11) is 0. The van der Waals surface area contributed by atoms with Crippen LogP contribution in [0.2, 0.25) is 0 Å². The molecule has 1 saturated carbocycles. The molecule has 156 valence electrons. The van der Waals surface area contributed by atoms with Crippen LogP contribution in [0, 0.1) is 23.6 Å². The van der Waals surface area contributed by atoms with E-state index in [0.717, 1.165) is 48.8 Å². The quantitative estimate of drug-likeness (QED) is 0.334. The van der Waals surface area contributed by atoms with Crippen molar-refractivity contribution in [3.63, 3.8) is 0 Å². The lowest BCUT2D eigenvalue weighted by Gasteiger charge is -2.35. The lowest BCUT2D eigenvalue weighted by Crippen LogP contribution is -2.23. The molecular weight excluding hydrogens is 364 g/mol. The zero-order chi connectivity index (χ0) is 20.1. The Morgan fingerprint density at radius 3 is 2.29 bits per heavy atom. The van der Waals surface area contributed by atoms with Crippen LogP contribution in [0.15, 0.2) is 24.3 Å². The van der Waals surface area contributed by atoms with E-state index in [0.29, 0.717) is 11.5 Å². The first-order valence-corrected chi connectivity index (χ1v) is 10.9. The Morgan fingerprint density at radius 1 is 0.964 bits per heavy atom. The highest BCUT2D eigenvalue weighted by atomic mass is 19.4. The van der Waals surface area contributed by atoms with Gasteiger partial charge in [-0.05, 0) is 73.1 Å². The van der Waals surface area contributed by atoms with Gasteiger partial charge in [0, 0.05) is 0 Å². The van der Waals surface area contributed by atoms with Crippen molar-refractivity contribution in [3.05, 3.63) is 41.2 Å². The number of unbranched alkanes of at least 4 members (excludes halogenated alkanes) is 2. The van der Waals surface area contributed by atoms with Crippen LogP contribution in [-0.2, 0) is 6.18 Å². The second-order valence-corrected chi connectivity index (χ2v) is 8.73. The molecule has 28 heavy (non-hydrogen) atoms. The molecule has 0 aliphatic heterocycles. The minimum Gasteiger partial charge on any atom is -0.206 e. The van der Waals surface area contributed by atoms with Gasteiger partial charge in [-0.1, -0.05) is 57.6 Å². The largest absolute Gasteiger partial charge is 0.419 e. The molecule has 1 aromatic rings. The van der Waals surface area contributed by atoms with E-state index in [-0.39, 0.29) is 0 Å². The highest BCUT2D eigenvalue weighted by Gasteiger charge is 2.34. The zero-order valence-corrected chi connectivity index (χ0v) is 16.8. The minimum atomic E-state index is -4.63. The summed E-state index contributed by atoms with van der Waals surface area (Å²) in [6.07, 6.45) is 11.1. The number of allylic oxidation sites excluding steroid dienone is 2. The van der Waals surface area contributed by atoms with Gasteiger partial charge in [0.25, 0.3) is 0 Å². The third-order valence-corrected chi connectivity index (χ3v) is 6.87. The lowest BCUT2D eigenvalue weighted by molar-refractivity contribution is -0.140. The number of hydrogen-bond donors (Lipinski definition) is 0. The van der Waals surface area contributed by atoms with Gasteiger partial charge in [-0.3, -0.25) is 0 Å². The van der Waals surface area contributed by atoms with Crippen molar-refractivity contribution in [2.24, 2.45) is 17.8 Å². The Kier molecular flexibility index (Phi) is 7.22. The highest BCUT2D eigenvalue weighted by molar-refractivity contribution is 5.66. The summed E-state index contributed by atoms with van der Waals surface area (Å²) in [5.41, 5.74) is 0.418. The Hall–Kier alpha value is -1.32. The molecule has 2 aliphatic carbocycles. The Labute approximate surface area is 166 Å². The molecule has 2 aliphatic rings. The van der Waals surface area contributed by atoms with Crippen LogP contribution < -0.4 is 0 Å². The standard InChI is InChI=1S/C24H32F4/c1-2-3-4-5-17-6-8-18(9-7-17)19-10-12-20(13-11-19)21-14-15-22(23(25)16-21)24(26,27)28/h12,14-19H,2-11,13H2,1H3. The van der Waals surface area contributed by atoms with Crippen LogP contribution in [-0.4, -0.2) is 0 Å². The second kappa shape index (κ2) is 9.45. The Morgan fingerprint density at radius 2 is 1.71 bits per heavy atom. The van der Waals surface area contributed by atoms with E-state index >= 15 is 0 Å². The van der Waals surface area contributed by atoms with Gasteiger partial charge < -0.3 is 0 Å². The molecule has 0 radical (unpaired) electrons. The van der Waals surface area contributed by atoms with Crippen molar-refractivity contribution in [1.29, 1.82) is 0 Å². The van der Waals surface area contributed by atoms with E-state index in [1.165, 1.54) is 57.4 Å². The molecule has 4 heteroatoms. The van der Waals surface area contributed by atoms with E-state index in [4.69, 9.17) is 0 Å². The molecule has 0 bridgehead atoms. The predicted molar refractivity (Wildman–Crippen MR) is 106 cm³/mol. The average molecular weight is 397 g/mol. The van der Waals surface area contributed by atoms with Gasteiger partial charge in [0.05, 0.1) is 5.56 Å². The fourth-order valence-electron chi connectivity index (χ4n) is 5.12. The molecule has 0 nitrogen and oxygen atoms in total. The maximum Gasteiger partial charge on any atom is 0.419 e. The fourth-order valence-corrected chi connectivity index (χ4v) is 5.12. The molecule has 1 unspecified atom stereocenters. The van der Waals surface area contributed by atoms with Crippen molar-refractivity contribution in [2.75, 3.05) is 0 Å². The van der Waals surface area contributed by atoms with Crippen LogP contribution >= 0.6 is 0 Å². The van der Waals surface area contributed by atoms with Crippen LogP contribution in [0.5, 0.6) is 0 Å². The molecule has 0 N–H and O–H groups in total. The second-order valence-electron chi connectivity index (χ2n) is 8.73. The molecule has 3 rings (SSSR count). The summed E-state index contributed by atoms with van der Waals surface area (Å²) in [6.45, 7) is 2.25. The van der Waals surface area contributed by atoms with Gasteiger partial charge in [-0.2, -0.15) is 13.2 Å². The number of hydrogen-bond acceptors (Lipinski definition) is 0. The number of halogens is 4. The summed E-state index contributed by atoms with van der Waals surface area (Å²) in [5, 5.41) is 0. The summed E-state index contributed by atoms with van der Waals surface area (Å²) in [6, 6.07) is 3.34. The molecule has 1 atom stereocenters. The maximum atomic E-state index is 13.9. The van der Waals surface area contributed by atoms with Gasteiger partial charge in [-0.15, -0.1) is 0 Å². The van der Waals surface area contributed by atoms with Gasteiger partial charge in [0.15, 0.2) is 0 Å². The van der Waals surface area contributed by atoms with Crippen LogP contribution in [0.25, 0.3) is 5.57 Å². The fraction of sp³-hybridized carbons (Fsp3) is 0.667. The molecule has 0 heterocycles. The Bertz CT molecular complexity index is 666. The first kappa shape index (κ1) is 21.4. The van der Waals surface area contributed by atoms with Crippen LogP contribution in [0.1, 0.15) is 88.7 Å². The van der Waals surface area contributed by atoms with Gasteiger partial charge in [0.1, 0.15) is 5.82 Å². The van der Waals surface area contributed by atoms with Crippen molar-refractivity contribution in [2.45, 2.75) is 83.7 Å². The number of rotatable bonds is 6. The van der Waals surface area contributed by atoms with E-state index in [1.54, 1.807) is 0 Å². The number of alkyl halides is 3. The highest BCUT2D eigenvalue weighted by Crippen LogP contribution is 2.42. The number of benzene rings is 1. The zero-order valence-electron chi connectivity index (χ0n) is 16.8. The van der Waals surface area contributed by atoms with Crippen LogP contribution in [0.4, 0.5) is 17.6 Å². The van der Waals surface area contributed by atoms with E-state index in [1.807, 2.05) is 0 Å². The third-order valence-electron chi connectivity index (χ3n) is 6.87. The molecule has 0 saturated heterocycles. The van der Waals surface area contributed by atoms with Gasteiger partial charge >= 0.3 is 6.18 Å². The van der Waals surface area contributed by atoms with Crippen molar-refractivity contribution in [1.82, 2.24) is 0 Å². The monoisotopic (exact) mass is 396 g/mol. The molecule has 0 spiro atoms. The SMILES string of the molecule is CCCCCC1CCC(C2CC=C(c3ccc(C(F)(F)F)c(F)c3)CC2)CC1. The summed E-state index contributed by atoms with van der Waals surface area (Å²) in [4.78, 5) is 0. The summed E-state index contributed by atoms with van der Waals surface area (Å²) in [5.74, 6) is 1.20. The molecule has 0 aromatic heterocycles. The minimum absolute atomic E-state index is 0.601. The smallest absolute Gasteiger partial charge is 0.206 e. The van der Waals surface area contributed by atoms with E-state index in [9.17, 15) is 17.6 Å². The van der Waals surface area contributed by atoms with E-state index in [2.05, 4.69) is 13.0 Å². The Balaban J connectivity index is 1.53. The molecule has 1 aromatic carbocycles.